The number of rotatable bonds is 6. The minimum Gasteiger partial charge on any atom is -0.492 e. The second kappa shape index (κ2) is 6.21. The fraction of sp³-hybridized carbons (Fsp3) is 0.357. The van der Waals surface area contributed by atoms with Gasteiger partial charge in [-0.25, -0.2) is 0 Å². The van der Waals surface area contributed by atoms with Crippen molar-refractivity contribution in [3.8, 4) is 5.75 Å². The molecule has 0 aliphatic carbocycles. The van der Waals surface area contributed by atoms with Crippen LogP contribution in [0.1, 0.15) is 25.0 Å². The Hall–Kier alpha value is -1.81. The molecule has 0 spiro atoms. The Kier molecular flexibility index (Phi) is 4.36. The van der Waals surface area contributed by atoms with E-state index < -0.39 is 0 Å². The van der Waals surface area contributed by atoms with Gasteiger partial charge in [0.15, 0.2) is 0 Å². The van der Waals surface area contributed by atoms with E-state index in [-0.39, 0.29) is 6.10 Å². The molecular formula is C14H18N2O2. The number of aliphatic hydroxyl groups excluding tert-OH is 1. The van der Waals surface area contributed by atoms with Crippen molar-refractivity contribution in [2.75, 3.05) is 6.61 Å². The second-order valence-corrected chi connectivity index (χ2v) is 4.11. The first-order chi connectivity index (χ1) is 8.79. The van der Waals surface area contributed by atoms with E-state index in [0.717, 1.165) is 24.3 Å². The lowest BCUT2D eigenvalue weighted by Crippen LogP contribution is -2.08. The van der Waals surface area contributed by atoms with Crippen LogP contribution in [0.15, 0.2) is 42.7 Å². The molecule has 0 bridgehead atoms. The summed E-state index contributed by atoms with van der Waals surface area (Å²) in [4.78, 5) is 0. The Labute approximate surface area is 107 Å². The zero-order valence-electron chi connectivity index (χ0n) is 10.5. The molecule has 0 aliphatic heterocycles. The summed E-state index contributed by atoms with van der Waals surface area (Å²) in [5, 5.41) is 13.8. The van der Waals surface area contributed by atoms with Gasteiger partial charge in [0.25, 0.3) is 0 Å². The van der Waals surface area contributed by atoms with Crippen molar-refractivity contribution in [2.24, 2.45) is 0 Å². The van der Waals surface area contributed by atoms with Gasteiger partial charge in [0.1, 0.15) is 12.4 Å². The summed E-state index contributed by atoms with van der Waals surface area (Å²) >= 11 is 0. The van der Waals surface area contributed by atoms with E-state index in [0.29, 0.717) is 6.61 Å². The number of aliphatic hydroxyl groups is 1. The molecule has 1 unspecified atom stereocenters. The fourth-order valence-electron chi connectivity index (χ4n) is 1.71. The first-order valence-corrected chi connectivity index (χ1v) is 6.18. The number of benzene rings is 1. The average Bonchev–Trinajstić information content (AvgIpc) is 2.92. The summed E-state index contributed by atoms with van der Waals surface area (Å²) in [7, 11) is 0. The number of hydrogen-bond acceptors (Lipinski definition) is 3. The van der Waals surface area contributed by atoms with Crippen molar-refractivity contribution < 1.29 is 9.84 Å². The van der Waals surface area contributed by atoms with Gasteiger partial charge in [-0.1, -0.05) is 19.1 Å². The van der Waals surface area contributed by atoms with Crippen LogP contribution >= 0.6 is 0 Å². The molecule has 4 heteroatoms. The molecule has 1 atom stereocenters. The Balaban J connectivity index is 1.83. The van der Waals surface area contributed by atoms with Gasteiger partial charge in [-0.05, 0) is 30.2 Å². The molecule has 0 saturated carbocycles. The highest BCUT2D eigenvalue weighted by molar-refractivity contribution is 5.28. The molecule has 0 saturated heterocycles. The number of ether oxygens (including phenoxy) is 1. The molecule has 0 amide bonds. The van der Waals surface area contributed by atoms with Crippen LogP contribution in [-0.2, 0) is 6.54 Å². The molecule has 0 fully saturated rings. The van der Waals surface area contributed by atoms with Crippen molar-refractivity contribution in [1.82, 2.24) is 9.78 Å². The number of hydrogen-bond donors (Lipinski definition) is 1. The molecule has 1 heterocycles. The van der Waals surface area contributed by atoms with Gasteiger partial charge in [0, 0.05) is 12.4 Å². The lowest BCUT2D eigenvalue weighted by atomic mass is 10.1. The molecule has 1 aromatic heterocycles. The van der Waals surface area contributed by atoms with Gasteiger partial charge in [0.05, 0.1) is 12.6 Å². The standard InChI is InChI=1S/C14H18N2O2/c1-2-14(17)12-4-6-13(7-5-12)18-11-10-16-9-3-8-15-16/h3-9,14,17H,2,10-11H2,1H3. The third kappa shape index (κ3) is 3.34. The van der Waals surface area contributed by atoms with Gasteiger partial charge in [-0.2, -0.15) is 5.10 Å². The lowest BCUT2D eigenvalue weighted by molar-refractivity contribution is 0.173. The van der Waals surface area contributed by atoms with Crippen LogP contribution < -0.4 is 4.74 Å². The summed E-state index contributed by atoms with van der Waals surface area (Å²) in [5.74, 6) is 0.814. The van der Waals surface area contributed by atoms with Crippen LogP contribution in [0.25, 0.3) is 0 Å². The monoisotopic (exact) mass is 246 g/mol. The van der Waals surface area contributed by atoms with Gasteiger partial charge in [-0.3, -0.25) is 4.68 Å². The van der Waals surface area contributed by atoms with Crippen molar-refractivity contribution in [3.63, 3.8) is 0 Å². The maximum absolute atomic E-state index is 9.67. The summed E-state index contributed by atoms with van der Waals surface area (Å²) in [6, 6.07) is 9.46. The molecule has 2 rings (SSSR count). The van der Waals surface area contributed by atoms with Crippen LogP contribution in [0.3, 0.4) is 0 Å². The zero-order valence-corrected chi connectivity index (χ0v) is 10.5. The quantitative estimate of drug-likeness (QED) is 0.851. The first-order valence-electron chi connectivity index (χ1n) is 6.18. The largest absolute Gasteiger partial charge is 0.492 e. The van der Waals surface area contributed by atoms with Gasteiger partial charge < -0.3 is 9.84 Å². The van der Waals surface area contributed by atoms with Crippen molar-refractivity contribution in [2.45, 2.75) is 26.0 Å². The van der Waals surface area contributed by atoms with E-state index in [1.165, 1.54) is 0 Å². The van der Waals surface area contributed by atoms with Crippen molar-refractivity contribution >= 4 is 0 Å². The Bertz CT molecular complexity index is 451. The van der Waals surface area contributed by atoms with Crippen LogP contribution in [0, 0.1) is 0 Å². The Morgan fingerprint density at radius 3 is 2.72 bits per heavy atom. The van der Waals surface area contributed by atoms with Gasteiger partial charge >= 0.3 is 0 Å². The fourth-order valence-corrected chi connectivity index (χ4v) is 1.71. The molecule has 1 N–H and O–H groups in total. The molecule has 4 nitrogen and oxygen atoms in total. The predicted octanol–water partition coefficient (Wildman–Crippen LogP) is 2.41. The summed E-state index contributed by atoms with van der Waals surface area (Å²) < 4.78 is 7.43. The highest BCUT2D eigenvalue weighted by atomic mass is 16.5. The van der Waals surface area contributed by atoms with E-state index in [2.05, 4.69) is 5.10 Å². The third-order valence-electron chi connectivity index (χ3n) is 2.80. The van der Waals surface area contributed by atoms with E-state index >= 15 is 0 Å². The molecule has 18 heavy (non-hydrogen) atoms. The van der Waals surface area contributed by atoms with E-state index in [1.807, 2.05) is 48.1 Å². The molecule has 96 valence electrons. The predicted molar refractivity (Wildman–Crippen MR) is 69.4 cm³/mol. The summed E-state index contributed by atoms with van der Waals surface area (Å²) in [6.45, 7) is 3.27. The average molecular weight is 246 g/mol. The highest BCUT2D eigenvalue weighted by Crippen LogP contribution is 2.19. The Morgan fingerprint density at radius 2 is 2.11 bits per heavy atom. The molecule has 0 radical (unpaired) electrons. The highest BCUT2D eigenvalue weighted by Gasteiger charge is 2.04. The number of nitrogens with zero attached hydrogens (tertiary/aromatic N) is 2. The first kappa shape index (κ1) is 12.6. The maximum Gasteiger partial charge on any atom is 0.119 e. The van der Waals surface area contributed by atoms with E-state index in [9.17, 15) is 5.11 Å². The van der Waals surface area contributed by atoms with Crippen LogP contribution in [0.5, 0.6) is 5.75 Å². The molecule has 1 aromatic carbocycles. The molecule has 0 aliphatic rings. The second-order valence-electron chi connectivity index (χ2n) is 4.11. The van der Waals surface area contributed by atoms with Gasteiger partial charge in [0.2, 0.25) is 0 Å². The minimum atomic E-state index is -0.386. The SMILES string of the molecule is CCC(O)c1ccc(OCCn2cccn2)cc1. The Morgan fingerprint density at radius 1 is 1.33 bits per heavy atom. The normalized spacial score (nSPS) is 12.3. The summed E-state index contributed by atoms with van der Waals surface area (Å²) in [5.41, 5.74) is 0.928. The summed E-state index contributed by atoms with van der Waals surface area (Å²) in [6.07, 6.45) is 3.99. The molecular weight excluding hydrogens is 228 g/mol. The lowest BCUT2D eigenvalue weighted by Gasteiger charge is -2.10. The van der Waals surface area contributed by atoms with E-state index in [4.69, 9.17) is 4.74 Å². The smallest absolute Gasteiger partial charge is 0.119 e. The number of aromatic nitrogens is 2. The van der Waals surface area contributed by atoms with Crippen molar-refractivity contribution in [1.29, 1.82) is 0 Å². The van der Waals surface area contributed by atoms with Crippen LogP contribution in [0.4, 0.5) is 0 Å². The maximum atomic E-state index is 9.67. The molecule has 2 aromatic rings. The minimum absolute atomic E-state index is 0.386. The topological polar surface area (TPSA) is 47.3 Å². The third-order valence-corrected chi connectivity index (χ3v) is 2.80. The van der Waals surface area contributed by atoms with Crippen LogP contribution in [-0.4, -0.2) is 21.5 Å². The van der Waals surface area contributed by atoms with Crippen LogP contribution in [0.2, 0.25) is 0 Å². The van der Waals surface area contributed by atoms with Gasteiger partial charge in [-0.15, -0.1) is 0 Å². The van der Waals surface area contributed by atoms with Crippen molar-refractivity contribution in [3.05, 3.63) is 48.3 Å². The zero-order chi connectivity index (χ0) is 12.8. The van der Waals surface area contributed by atoms with E-state index in [1.54, 1.807) is 6.20 Å².